The number of rotatable bonds is 5. The lowest BCUT2D eigenvalue weighted by Gasteiger charge is -2.03. The van der Waals surface area contributed by atoms with Gasteiger partial charge in [-0.15, -0.1) is 0 Å². The standard InChI is InChI=1S/C16H9Cl2N3O5/c17-10-3-1-9(2-4-10)15-19-14(26-20-15)8-25-16(22)12-7-11(21(23)24)5-6-13(12)18/h1-7H,8H2. The maximum atomic E-state index is 12.1. The third-order valence-corrected chi connectivity index (χ3v) is 3.86. The van der Waals surface area contributed by atoms with Crippen LogP contribution in [-0.2, 0) is 11.3 Å². The zero-order chi connectivity index (χ0) is 18.7. The fourth-order valence-electron chi connectivity index (χ4n) is 2.02. The Morgan fingerprint density at radius 3 is 2.62 bits per heavy atom. The molecule has 0 spiro atoms. The van der Waals surface area contributed by atoms with Gasteiger partial charge in [0.05, 0.1) is 15.5 Å². The molecule has 0 aliphatic heterocycles. The molecule has 2 aromatic carbocycles. The Morgan fingerprint density at radius 2 is 1.92 bits per heavy atom. The number of halogens is 2. The first kappa shape index (κ1) is 17.8. The van der Waals surface area contributed by atoms with Crippen molar-refractivity contribution in [3.63, 3.8) is 0 Å². The number of non-ortho nitro benzene ring substituents is 1. The van der Waals surface area contributed by atoms with Crippen LogP contribution in [-0.4, -0.2) is 21.0 Å². The first-order valence-electron chi connectivity index (χ1n) is 7.13. The van der Waals surface area contributed by atoms with Crippen molar-refractivity contribution < 1.29 is 19.0 Å². The van der Waals surface area contributed by atoms with Crippen LogP contribution in [0.5, 0.6) is 0 Å². The predicted molar refractivity (Wildman–Crippen MR) is 92.0 cm³/mol. The van der Waals surface area contributed by atoms with E-state index in [4.69, 9.17) is 32.5 Å². The van der Waals surface area contributed by atoms with E-state index in [9.17, 15) is 14.9 Å². The molecular weight excluding hydrogens is 385 g/mol. The number of aromatic nitrogens is 2. The van der Waals surface area contributed by atoms with Gasteiger partial charge in [-0.25, -0.2) is 4.79 Å². The lowest BCUT2D eigenvalue weighted by atomic mass is 10.2. The normalized spacial score (nSPS) is 10.5. The van der Waals surface area contributed by atoms with Gasteiger partial charge in [0.15, 0.2) is 6.61 Å². The summed E-state index contributed by atoms with van der Waals surface area (Å²) in [5.41, 5.74) is 0.278. The number of nitrogens with zero attached hydrogens (tertiary/aromatic N) is 3. The van der Waals surface area contributed by atoms with Gasteiger partial charge >= 0.3 is 5.97 Å². The van der Waals surface area contributed by atoms with E-state index in [-0.39, 0.29) is 28.8 Å². The number of hydrogen-bond acceptors (Lipinski definition) is 7. The van der Waals surface area contributed by atoms with Crippen LogP contribution in [0.2, 0.25) is 10.0 Å². The first-order chi connectivity index (χ1) is 12.4. The number of nitro benzene ring substituents is 1. The Labute approximate surface area is 156 Å². The van der Waals surface area contributed by atoms with E-state index in [1.807, 2.05) is 0 Å². The SMILES string of the molecule is O=C(OCc1nc(-c2ccc(Cl)cc2)no1)c1cc([N+](=O)[O-])ccc1Cl. The summed E-state index contributed by atoms with van der Waals surface area (Å²) in [6.45, 7) is -0.307. The van der Waals surface area contributed by atoms with Crippen LogP contribution in [0.15, 0.2) is 47.0 Å². The van der Waals surface area contributed by atoms with Gasteiger partial charge in [-0.05, 0) is 30.3 Å². The van der Waals surface area contributed by atoms with Crippen molar-refractivity contribution in [2.45, 2.75) is 6.61 Å². The summed E-state index contributed by atoms with van der Waals surface area (Å²) in [6.07, 6.45) is 0. The van der Waals surface area contributed by atoms with E-state index < -0.39 is 10.9 Å². The fraction of sp³-hybridized carbons (Fsp3) is 0.0625. The number of esters is 1. The quantitative estimate of drug-likeness (QED) is 0.360. The molecule has 0 saturated carbocycles. The molecule has 132 valence electrons. The van der Waals surface area contributed by atoms with Crippen LogP contribution < -0.4 is 0 Å². The van der Waals surface area contributed by atoms with Crippen molar-refractivity contribution in [1.29, 1.82) is 0 Å². The molecule has 1 heterocycles. The molecule has 0 fully saturated rings. The van der Waals surface area contributed by atoms with Gasteiger partial charge in [0.2, 0.25) is 5.82 Å². The Kier molecular flexibility index (Phi) is 5.15. The number of nitro groups is 1. The van der Waals surface area contributed by atoms with Crippen LogP contribution in [0.25, 0.3) is 11.4 Å². The highest BCUT2D eigenvalue weighted by Crippen LogP contribution is 2.23. The minimum absolute atomic E-state index is 0.0352. The van der Waals surface area contributed by atoms with Crippen molar-refractivity contribution >= 4 is 34.9 Å². The lowest BCUT2D eigenvalue weighted by molar-refractivity contribution is -0.384. The van der Waals surface area contributed by atoms with Crippen molar-refractivity contribution in [2.24, 2.45) is 0 Å². The molecule has 0 bridgehead atoms. The van der Waals surface area contributed by atoms with Crippen molar-refractivity contribution in [2.75, 3.05) is 0 Å². The van der Waals surface area contributed by atoms with Crippen LogP contribution in [0.4, 0.5) is 5.69 Å². The Hall–Kier alpha value is -2.97. The molecule has 26 heavy (non-hydrogen) atoms. The van der Waals surface area contributed by atoms with E-state index in [1.165, 1.54) is 12.1 Å². The van der Waals surface area contributed by atoms with E-state index >= 15 is 0 Å². The van der Waals surface area contributed by atoms with Gasteiger partial charge < -0.3 is 9.26 Å². The summed E-state index contributed by atoms with van der Waals surface area (Å²) in [7, 11) is 0. The van der Waals surface area contributed by atoms with Gasteiger partial charge in [0.1, 0.15) is 0 Å². The molecule has 3 aromatic rings. The second kappa shape index (κ2) is 7.51. The summed E-state index contributed by atoms with van der Waals surface area (Å²) in [4.78, 5) is 26.4. The molecule has 8 nitrogen and oxygen atoms in total. The van der Waals surface area contributed by atoms with Crippen LogP contribution in [0.3, 0.4) is 0 Å². The van der Waals surface area contributed by atoms with Crippen molar-refractivity contribution in [3.05, 3.63) is 74.1 Å². The highest BCUT2D eigenvalue weighted by molar-refractivity contribution is 6.33. The fourth-order valence-corrected chi connectivity index (χ4v) is 2.34. The van der Waals surface area contributed by atoms with E-state index in [1.54, 1.807) is 24.3 Å². The number of carbonyl (C=O) groups is 1. The van der Waals surface area contributed by atoms with Gasteiger partial charge in [-0.3, -0.25) is 10.1 Å². The molecule has 3 rings (SSSR count). The molecule has 0 radical (unpaired) electrons. The zero-order valence-electron chi connectivity index (χ0n) is 12.9. The molecule has 0 unspecified atom stereocenters. The summed E-state index contributed by atoms with van der Waals surface area (Å²) in [5, 5.41) is 15.2. The second-order valence-electron chi connectivity index (χ2n) is 5.02. The Balaban J connectivity index is 1.70. The maximum absolute atomic E-state index is 12.1. The summed E-state index contributed by atoms with van der Waals surface area (Å²) < 4.78 is 10.0. The summed E-state index contributed by atoms with van der Waals surface area (Å²) in [5.74, 6) is -0.476. The number of carbonyl (C=O) groups excluding carboxylic acids is 1. The molecule has 0 aliphatic rings. The lowest BCUT2D eigenvalue weighted by Crippen LogP contribution is -2.07. The topological polar surface area (TPSA) is 108 Å². The third-order valence-electron chi connectivity index (χ3n) is 3.28. The zero-order valence-corrected chi connectivity index (χ0v) is 14.4. The third kappa shape index (κ3) is 3.98. The largest absolute Gasteiger partial charge is 0.452 e. The number of hydrogen-bond donors (Lipinski definition) is 0. The monoisotopic (exact) mass is 393 g/mol. The molecule has 0 saturated heterocycles. The minimum Gasteiger partial charge on any atom is -0.452 e. The summed E-state index contributed by atoms with van der Waals surface area (Å²) in [6, 6.07) is 10.3. The average Bonchev–Trinajstić information content (AvgIpc) is 3.09. The van der Waals surface area contributed by atoms with E-state index in [2.05, 4.69) is 10.1 Å². The molecule has 0 amide bonds. The highest BCUT2D eigenvalue weighted by atomic mass is 35.5. The molecule has 0 atom stereocenters. The van der Waals surface area contributed by atoms with Gasteiger partial charge in [-0.2, -0.15) is 4.98 Å². The molecule has 0 aliphatic carbocycles. The second-order valence-corrected chi connectivity index (χ2v) is 5.86. The molecule has 1 aromatic heterocycles. The van der Waals surface area contributed by atoms with Crippen LogP contribution in [0, 0.1) is 10.1 Å². The smallest absolute Gasteiger partial charge is 0.340 e. The first-order valence-corrected chi connectivity index (χ1v) is 7.89. The van der Waals surface area contributed by atoms with Gasteiger partial charge in [-0.1, -0.05) is 28.4 Å². The predicted octanol–water partition coefficient (Wildman–Crippen LogP) is 4.31. The Bertz CT molecular complexity index is 972. The summed E-state index contributed by atoms with van der Waals surface area (Å²) >= 11 is 11.7. The molecular formula is C16H9Cl2N3O5. The van der Waals surface area contributed by atoms with E-state index in [0.717, 1.165) is 6.07 Å². The van der Waals surface area contributed by atoms with Crippen molar-refractivity contribution in [3.8, 4) is 11.4 Å². The number of benzene rings is 2. The van der Waals surface area contributed by atoms with Gasteiger partial charge in [0, 0.05) is 22.7 Å². The van der Waals surface area contributed by atoms with Crippen LogP contribution >= 0.6 is 23.2 Å². The van der Waals surface area contributed by atoms with Crippen molar-refractivity contribution in [1.82, 2.24) is 10.1 Å². The van der Waals surface area contributed by atoms with Crippen LogP contribution in [0.1, 0.15) is 16.2 Å². The maximum Gasteiger partial charge on any atom is 0.340 e. The molecule has 0 N–H and O–H groups in total. The minimum atomic E-state index is -0.843. The average molecular weight is 394 g/mol. The highest BCUT2D eigenvalue weighted by Gasteiger charge is 2.18. The number of ether oxygens (including phenoxy) is 1. The Morgan fingerprint density at radius 1 is 1.19 bits per heavy atom. The molecule has 10 heteroatoms. The van der Waals surface area contributed by atoms with Gasteiger partial charge in [0.25, 0.3) is 11.6 Å². The van der Waals surface area contributed by atoms with E-state index in [0.29, 0.717) is 16.4 Å².